The molecule has 22 heavy (non-hydrogen) atoms. The van der Waals surface area contributed by atoms with Crippen LogP contribution in [0.3, 0.4) is 0 Å². The Balaban J connectivity index is 1.78. The third kappa shape index (κ3) is 3.09. The predicted octanol–water partition coefficient (Wildman–Crippen LogP) is 4.05. The lowest BCUT2D eigenvalue weighted by molar-refractivity contribution is 0.248. The molecule has 0 aromatic heterocycles. The van der Waals surface area contributed by atoms with Gasteiger partial charge in [0.15, 0.2) is 11.5 Å². The van der Waals surface area contributed by atoms with Crippen molar-refractivity contribution in [2.45, 2.75) is 32.4 Å². The van der Waals surface area contributed by atoms with E-state index in [2.05, 4.69) is 36.1 Å². The van der Waals surface area contributed by atoms with Crippen LogP contribution in [0.15, 0.2) is 42.5 Å². The van der Waals surface area contributed by atoms with Crippen LogP contribution in [-0.4, -0.2) is 23.7 Å². The molecule has 3 rings (SSSR count). The third-order valence-corrected chi connectivity index (χ3v) is 4.42. The van der Waals surface area contributed by atoms with Gasteiger partial charge in [-0.05, 0) is 49.6 Å². The van der Waals surface area contributed by atoms with Crippen LogP contribution in [0.5, 0.6) is 11.5 Å². The molecule has 2 aromatic rings. The standard InChI is InChI=1S/C19H23NO2/c1-14-5-3-6-16(11-14)17-7-4-10-20(17)13-15-8-9-19(22-2)18(21)12-15/h3,5-6,8-9,11-12,17,21H,4,7,10,13H2,1-2H3/t17-/m0/s1. The molecule has 0 amide bonds. The highest BCUT2D eigenvalue weighted by Crippen LogP contribution is 2.34. The zero-order chi connectivity index (χ0) is 15.5. The van der Waals surface area contributed by atoms with Crippen LogP contribution in [-0.2, 0) is 6.54 Å². The summed E-state index contributed by atoms with van der Waals surface area (Å²) in [6, 6.07) is 14.9. The van der Waals surface area contributed by atoms with Gasteiger partial charge in [-0.2, -0.15) is 0 Å². The van der Waals surface area contributed by atoms with Gasteiger partial charge in [0.05, 0.1) is 7.11 Å². The first-order valence-corrected chi connectivity index (χ1v) is 7.84. The minimum Gasteiger partial charge on any atom is -0.504 e. The van der Waals surface area contributed by atoms with Crippen LogP contribution >= 0.6 is 0 Å². The van der Waals surface area contributed by atoms with Gasteiger partial charge in [0, 0.05) is 12.6 Å². The van der Waals surface area contributed by atoms with Crippen LogP contribution in [0.2, 0.25) is 0 Å². The zero-order valence-electron chi connectivity index (χ0n) is 13.2. The number of rotatable bonds is 4. The Labute approximate surface area is 132 Å². The molecule has 1 fully saturated rings. The van der Waals surface area contributed by atoms with E-state index in [1.54, 1.807) is 7.11 Å². The number of likely N-dealkylation sites (tertiary alicyclic amines) is 1. The van der Waals surface area contributed by atoms with Crippen LogP contribution < -0.4 is 4.74 Å². The molecule has 1 aliphatic rings. The summed E-state index contributed by atoms with van der Waals surface area (Å²) in [6.07, 6.45) is 2.42. The Kier molecular flexibility index (Phi) is 4.34. The summed E-state index contributed by atoms with van der Waals surface area (Å²) >= 11 is 0. The van der Waals surface area contributed by atoms with E-state index in [1.165, 1.54) is 24.0 Å². The number of methoxy groups -OCH3 is 1. The normalized spacial score (nSPS) is 18.5. The molecule has 1 atom stereocenters. The first-order chi connectivity index (χ1) is 10.7. The van der Waals surface area contributed by atoms with Gasteiger partial charge in [-0.25, -0.2) is 0 Å². The second-order valence-corrected chi connectivity index (χ2v) is 6.05. The minimum absolute atomic E-state index is 0.214. The van der Waals surface area contributed by atoms with Gasteiger partial charge < -0.3 is 9.84 Å². The number of benzene rings is 2. The summed E-state index contributed by atoms with van der Waals surface area (Å²) in [7, 11) is 1.57. The number of nitrogens with zero attached hydrogens (tertiary/aromatic N) is 1. The van der Waals surface area contributed by atoms with Crippen LogP contribution in [0.25, 0.3) is 0 Å². The van der Waals surface area contributed by atoms with Crippen molar-refractivity contribution in [1.82, 2.24) is 4.90 Å². The van der Waals surface area contributed by atoms with Crippen molar-refractivity contribution >= 4 is 0 Å². The topological polar surface area (TPSA) is 32.7 Å². The van der Waals surface area contributed by atoms with Crippen molar-refractivity contribution < 1.29 is 9.84 Å². The molecule has 1 N–H and O–H groups in total. The lowest BCUT2D eigenvalue weighted by Crippen LogP contribution is -2.22. The Morgan fingerprint density at radius 2 is 2.09 bits per heavy atom. The second-order valence-electron chi connectivity index (χ2n) is 6.05. The molecule has 0 radical (unpaired) electrons. The zero-order valence-corrected chi connectivity index (χ0v) is 13.2. The number of hydrogen-bond donors (Lipinski definition) is 1. The van der Waals surface area contributed by atoms with Crippen molar-refractivity contribution in [2.24, 2.45) is 0 Å². The molecule has 1 heterocycles. The highest BCUT2D eigenvalue weighted by atomic mass is 16.5. The largest absolute Gasteiger partial charge is 0.504 e. The summed E-state index contributed by atoms with van der Waals surface area (Å²) in [5.74, 6) is 0.742. The Morgan fingerprint density at radius 1 is 1.23 bits per heavy atom. The maximum Gasteiger partial charge on any atom is 0.160 e. The fourth-order valence-corrected chi connectivity index (χ4v) is 3.34. The molecule has 0 unspecified atom stereocenters. The van der Waals surface area contributed by atoms with Gasteiger partial charge in [0.1, 0.15) is 0 Å². The molecule has 0 spiro atoms. The van der Waals surface area contributed by atoms with Crippen molar-refractivity contribution in [3.63, 3.8) is 0 Å². The van der Waals surface area contributed by atoms with E-state index in [0.717, 1.165) is 18.7 Å². The average Bonchev–Trinajstić information content (AvgIpc) is 2.95. The van der Waals surface area contributed by atoms with E-state index in [0.29, 0.717) is 11.8 Å². The fraction of sp³-hybridized carbons (Fsp3) is 0.368. The summed E-state index contributed by atoms with van der Waals surface area (Å²) in [5.41, 5.74) is 3.83. The molecule has 0 aliphatic carbocycles. The van der Waals surface area contributed by atoms with Gasteiger partial charge in [0.25, 0.3) is 0 Å². The van der Waals surface area contributed by atoms with E-state index in [-0.39, 0.29) is 5.75 Å². The molecule has 0 bridgehead atoms. The number of phenols is 1. The first-order valence-electron chi connectivity index (χ1n) is 7.84. The smallest absolute Gasteiger partial charge is 0.160 e. The lowest BCUT2D eigenvalue weighted by Gasteiger charge is -2.25. The maximum atomic E-state index is 9.94. The van der Waals surface area contributed by atoms with Crippen LogP contribution in [0, 0.1) is 6.92 Å². The Hall–Kier alpha value is -2.00. The van der Waals surface area contributed by atoms with Gasteiger partial charge in [-0.15, -0.1) is 0 Å². The lowest BCUT2D eigenvalue weighted by atomic mass is 10.0. The van der Waals surface area contributed by atoms with Crippen LogP contribution in [0.4, 0.5) is 0 Å². The Morgan fingerprint density at radius 3 is 2.82 bits per heavy atom. The number of phenolic OH excluding ortho intramolecular Hbond substituents is 1. The average molecular weight is 297 g/mol. The quantitative estimate of drug-likeness (QED) is 0.924. The summed E-state index contributed by atoms with van der Waals surface area (Å²) < 4.78 is 5.11. The fourth-order valence-electron chi connectivity index (χ4n) is 3.34. The molecule has 116 valence electrons. The molecular formula is C19H23NO2. The Bertz CT molecular complexity index is 654. The summed E-state index contributed by atoms with van der Waals surface area (Å²) in [4.78, 5) is 2.50. The molecule has 1 aliphatic heterocycles. The van der Waals surface area contributed by atoms with E-state index in [1.807, 2.05) is 18.2 Å². The van der Waals surface area contributed by atoms with E-state index in [9.17, 15) is 5.11 Å². The van der Waals surface area contributed by atoms with Crippen LogP contribution in [0.1, 0.15) is 35.6 Å². The molecule has 1 saturated heterocycles. The second kappa shape index (κ2) is 6.41. The molecule has 3 heteroatoms. The number of hydrogen-bond acceptors (Lipinski definition) is 3. The highest BCUT2D eigenvalue weighted by molar-refractivity contribution is 5.41. The molecule has 3 nitrogen and oxygen atoms in total. The van der Waals surface area contributed by atoms with E-state index in [4.69, 9.17) is 4.74 Å². The highest BCUT2D eigenvalue weighted by Gasteiger charge is 2.26. The SMILES string of the molecule is COc1ccc(CN2CCC[C@H]2c2cccc(C)c2)cc1O. The molecular weight excluding hydrogens is 274 g/mol. The summed E-state index contributed by atoms with van der Waals surface area (Å²) in [5, 5.41) is 9.94. The van der Waals surface area contributed by atoms with Crippen molar-refractivity contribution in [1.29, 1.82) is 0 Å². The van der Waals surface area contributed by atoms with Gasteiger partial charge in [-0.3, -0.25) is 4.90 Å². The predicted molar refractivity (Wildman–Crippen MR) is 88.2 cm³/mol. The van der Waals surface area contributed by atoms with E-state index >= 15 is 0 Å². The van der Waals surface area contributed by atoms with Crippen molar-refractivity contribution in [3.05, 3.63) is 59.2 Å². The molecule has 2 aromatic carbocycles. The van der Waals surface area contributed by atoms with Crippen molar-refractivity contribution in [2.75, 3.05) is 13.7 Å². The van der Waals surface area contributed by atoms with Crippen molar-refractivity contribution in [3.8, 4) is 11.5 Å². The number of aryl methyl sites for hydroxylation is 1. The first kappa shape index (κ1) is 14.9. The number of aromatic hydroxyl groups is 1. The minimum atomic E-state index is 0.214. The van der Waals surface area contributed by atoms with Gasteiger partial charge >= 0.3 is 0 Å². The van der Waals surface area contributed by atoms with Gasteiger partial charge in [0.2, 0.25) is 0 Å². The summed E-state index contributed by atoms with van der Waals surface area (Å²) in [6.45, 7) is 4.10. The maximum absolute atomic E-state index is 9.94. The third-order valence-electron chi connectivity index (χ3n) is 4.42. The monoisotopic (exact) mass is 297 g/mol. The molecule has 0 saturated carbocycles. The number of ether oxygens (including phenoxy) is 1. The van der Waals surface area contributed by atoms with Gasteiger partial charge in [-0.1, -0.05) is 35.9 Å². The van der Waals surface area contributed by atoms with E-state index < -0.39 is 0 Å².